The molecule has 1 aromatic heterocycles. The second-order valence-corrected chi connectivity index (χ2v) is 4.87. The Labute approximate surface area is 118 Å². The van der Waals surface area contributed by atoms with E-state index in [1.54, 1.807) is 31.3 Å². The molecule has 20 heavy (non-hydrogen) atoms. The van der Waals surface area contributed by atoms with Crippen molar-refractivity contribution in [1.29, 1.82) is 0 Å². The Hall–Kier alpha value is -2.01. The van der Waals surface area contributed by atoms with Crippen LogP contribution in [0.25, 0.3) is 0 Å². The molecule has 0 radical (unpaired) electrons. The van der Waals surface area contributed by atoms with Gasteiger partial charge < -0.3 is 10.1 Å². The fourth-order valence-corrected chi connectivity index (χ4v) is 1.61. The zero-order valence-corrected chi connectivity index (χ0v) is 11.9. The van der Waals surface area contributed by atoms with Gasteiger partial charge in [0.15, 0.2) is 11.6 Å². The van der Waals surface area contributed by atoms with Crippen LogP contribution in [0.5, 0.6) is 11.6 Å². The van der Waals surface area contributed by atoms with E-state index >= 15 is 0 Å². The number of rotatable bonds is 5. The van der Waals surface area contributed by atoms with E-state index in [2.05, 4.69) is 29.1 Å². The first-order chi connectivity index (χ1) is 9.56. The van der Waals surface area contributed by atoms with Crippen molar-refractivity contribution >= 4 is 0 Å². The lowest BCUT2D eigenvalue weighted by atomic mass is 10.2. The van der Waals surface area contributed by atoms with Crippen LogP contribution in [0.15, 0.2) is 30.6 Å². The van der Waals surface area contributed by atoms with Gasteiger partial charge in [0, 0.05) is 12.6 Å². The molecule has 0 bridgehead atoms. The Kier molecular flexibility index (Phi) is 4.63. The van der Waals surface area contributed by atoms with E-state index in [4.69, 9.17) is 4.74 Å². The number of aromatic nitrogens is 2. The Morgan fingerprint density at radius 1 is 1.25 bits per heavy atom. The topological polar surface area (TPSA) is 47.0 Å². The molecule has 2 rings (SSSR count). The largest absolute Gasteiger partial charge is 0.434 e. The van der Waals surface area contributed by atoms with Crippen LogP contribution < -0.4 is 10.1 Å². The van der Waals surface area contributed by atoms with Crippen LogP contribution in [0, 0.1) is 12.7 Å². The van der Waals surface area contributed by atoms with Crippen LogP contribution in [0.4, 0.5) is 4.39 Å². The third kappa shape index (κ3) is 3.74. The lowest BCUT2D eigenvalue weighted by Gasteiger charge is -2.09. The second kappa shape index (κ2) is 6.43. The highest BCUT2D eigenvalue weighted by Gasteiger charge is 2.08. The quantitative estimate of drug-likeness (QED) is 0.910. The van der Waals surface area contributed by atoms with Gasteiger partial charge in [0.1, 0.15) is 0 Å². The number of benzene rings is 1. The van der Waals surface area contributed by atoms with Crippen LogP contribution in [0.3, 0.4) is 0 Å². The van der Waals surface area contributed by atoms with Crippen LogP contribution >= 0.6 is 0 Å². The van der Waals surface area contributed by atoms with Crippen molar-refractivity contribution in [3.63, 3.8) is 0 Å². The lowest BCUT2D eigenvalue weighted by molar-refractivity contribution is 0.422. The highest BCUT2D eigenvalue weighted by atomic mass is 19.1. The summed E-state index contributed by atoms with van der Waals surface area (Å²) in [4.78, 5) is 8.36. The van der Waals surface area contributed by atoms with Crippen molar-refractivity contribution in [1.82, 2.24) is 15.3 Å². The van der Waals surface area contributed by atoms with Crippen LogP contribution in [0.2, 0.25) is 0 Å². The maximum absolute atomic E-state index is 13.8. The molecule has 0 aliphatic heterocycles. The van der Waals surface area contributed by atoms with Gasteiger partial charge in [0.2, 0.25) is 5.88 Å². The molecule has 0 spiro atoms. The third-order valence-electron chi connectivity index (χ3n) is 2.74. The Morgan fingerprint density at radius 2 is 2.05 bits per heavy atom. The summed E-state index contributed by atoms with van der Waals surface area (Å²) in [6.45, 7) is 6.45. The van der Waals surface area contributed by atoms with Crippen LogP contribution in [-0.4, -0.2) is 16.0 Å². The minimum absolute atomic E-state index is 0.160. The number of hydrogen-bond donors (Lipinski definition) is 1. The van der Waals surface area contributed by atoms with Crippen LogP contribution in [0.1, 0.15) is 25.1 Å². The summed E-state index contributed by atoms with van der Waals surface area (Å²) in [5.74, 6) is 0.0648. The van der Waals surface area contributed by atoms with Crippen LogP contribution in [-0.2, 0) is 6.54 Å². The smallest absolute Gasteiger partial charge is 0.237 e. The van der Waals surface area contributed by atoms with E-state index in [-0.39, 0.29) is 17.4 Å². The first kappa shape index (κ1) is 14.4. The van der Waals surface area contributed by atoms with Gasteiger partial charge in [-0.1, -0.05) is 26.0 Å². The fourth-order valence-electron chi connectivity index (χ4n) is 1.61. The molecule has 0 fully saturated rings. The van der Waals surface area contributed by atoms with Gasteiger partial charge in [-0.3, -0.25) is 4.98 Å². The van der Waals surface area contributed by atoms with Gasteiger partial charge in [0.05, 0.1) is 18.1 Å². The molecule has 0 aliphatic rings. The zero-order valence-electron chi connectivity index (χ0n) is 11.9. The van der Waals surface area contributed by atoms with Crippen molar-refractivity contribution in [3.8, 4) is 11.6 Å². The highest BCUT2D eigenvalue weighted by molar-refractivity contribution is 5.32. The molecule has 1 heterocycles. The number of aryl methyl sites for hydroxylation is 1. The minimum Gasteiger partial charge on any atom is -0.434 e. The maximum Gasteiger partial charge on any atom is 0.237 e. The maximum atomic E-state index is 13.8. The van der Waals surface area contributed by atoms with Gasteiger partial charge in [-0.05, 0) is 18.6 Å². The zero-order chi connectivity index (χ0) is 14.5. The number of hydrogen-bond acceptors (Lipinski definition) is 4. The Balaban J connectivity index is 2.05. The molecular weight excluding hydrogens is 257 g/mol. The monoisotopic (exact) mass is 275 g/mol. The molecule has 0 amide bonds. The molecular formula is C15H18FN3O. The average molecular weight is 275 g/mol. The number of nitrogens with one attached hydrogen (secondary N) is 1. The van der Waals surface area contributed by atoms with Gasteiger partial charge in [0.25, 0.3) is 0 Å². The second-order valence-electron chi connectivity index (χ2n) is 4.87. The van der Waals surface area contributed by atoms with Gasteiger partial charge >= 0.3 is 0 Å². The minimum atomic E-state index is -0.375. The van der Waals surface area contributed by atoms with E-state index in [9.17, 15) is 4.39 Å². The first-order valence-electron chi connectivity index (χ1n) is 6.53. The summed E-state index contributed by atoms with van der Waals surface area (Å²) >= 11 is 0. The molecule has 0 aliphatic carbocycles. The van der Waals surface area contributed by atoms with E-state index < -0.39 is 0 Å². The molecule has 1 N–H and O–H groups in total. The summed E-state index contributed by atoms with van der Waals surface area (Å²) in [5.41, 5.74) is 1.35. The number of ether oxygens (including phenoxy) is 1. The number of halogens is 1. The molecule has 2 aromatic rings. The van der Waals surface area contributed by atoms with Crippen molar-refractivity contribution < 1.29 is 9.13 Å². The molecule has 106 valence electrons. The van der Waals surface area contributed by atoms with E-state index in [1.165, 1.54) is 6.20 Å². The number of nitrogens with zero attached hydrogens (tertiary/aromatic N) is 2. The molecule has 4 nitrogen and oxygen atoms in total. The fraction of sp³-hybridized carbons (Fsp3) is 0.333. The Morgan fingerprint density at radius 3 is 2.70 bits per heavy atom. The summed E-state index contributed by atoms with van der Waals surface area (Å²) in [6.07, 6.45) is 3.12. The molecule has 1 aromatic carbocycles. The molecule has 0 unspecified atom stereocenters. The summed E-state index contributed by atoms with van der Waals surface area (Å²) in [5, 5.41) is 3.24. The lowest BCUT2D eigenvalue weighted by Crippen LogP contribution is -2.22. The predicted octanol–water partition coefficient (Wildman–Crippen LogP) is 3.21. The summed E-state index contributed by atoms with van der Waals surface area (Å²) in [6, 6.07) is 5.38. The first-order valence-corrected chi connectivity index (χ1v) is 6.53. The SMILES string of the molecule is Cc1cccc(Oc2cnc(CNC(C)C)cn2)c1F. The molecule has 0 saturated heterocycles. The van der Waals surface area contributed by atoms with Gasteiger partial charge in [-0.2, -0.15) is 0 Å². The molecule has 0 atom stereocenters. The standard InChI is InChI=1S/C15H18FN3O/c1-10(2)17-7-12-8-19-14(9-18-12)20-13-6-4-5-11(3)15(13)16/h4-6,8-10,17H,7H2,1-3H3. The summed E-state index contributed by atoms with van der Waals surface area (Å²) in [7, 11) is 0. The molecule has 0 saturated carbocycles. The van der Waals surface area contributed by atoms with Crippen molar-refractivity contribution in [3.05, 3.63) is 47.7 Å². The van der Waals surface area contributed by atoms with Crippen molar-refractivity contribution in [2.24, 2.45) is 0 Å². The van der Waals surface area contributed by atoms with E-state index in [0.29, 0.717) is 18.2 Å². The van der Waals surface area contributed by atoms with Crippen molar-refractivity contribution in [2.75, 3.05) is 0 Å². The summed E-state index contributed by atoms with van der Waals surface area (Å²) < 4.78 is 19.2. The van der Waals surface area contributed by atoms with E-state index in [1.807, 2.05) is 0 Å². The highest BCUT2D eigenvalue weighted by Crippen LogP contribution is 2.24. The average Bonchev–Trinajstić information content (AvgIpc) is 2.43. The van der Waals surface area contributed by atoms with Gasteiger partial charge in [-0.25, -0.2) is 9.37 Å². The predicted molar refractivity (Wildman–Crippen MR) is 75.2 cm³/mol. The third-order valence-corrected chi connectivity index (χ3v) is 2.74. The normalized spacial score (nSPS) is 10.8. The van der Waals surface area contributed by atoms with E-state index in [0.717, 1.165) is 5.69 Å². The molecule has 5 heteroatoms. The van der Waals surface area contributed by atoms with Gasteiger partial charge in [-0.15, -0.1) is 0 Å². The van der Waals surface area contributed by atoms with Crippen molar-refractivity contribution in [2.45, 2.75) is 33.4 Å². The Bertz CT molecular complexity index is 570.